The van der Waals surface area contributed by atoms with Crippen LogP contribution in [-0.4, -0.2) is 10.8 Å². The number of nitrogens with two attached hydrogens (primary N) is 2. The van der Waals surface area contributed by atoms with Crippen LogP contribution >= 0.6 is 34.3 Å². The van der Waals surface area contributed by atoms with Crippen LogP contribution < -0.4 is 11.5 Å². The van der Waals surface area contributed by atoms with Crippen molar-refractivity contribution in [3.8, 4) is 16.5 Å². The first-order valence-electron chi connectivity index (χ1n) is 7.77. The Labute approximate surface area is 167 Å². The fourth-order valence-corrected chi connectivity index (χ4v) is 4.93. The van der Waals surface area contributed by atoms with E-state index in [9.17, 15) is 10.1 Å². The van der Waals surface area contributed by atoms with E-state index in [4.69, 9.17) is 23.1 Å². The van der Waals surface area contributed by atoms with E-state index < -0.39 is 0 Å². The molecule has 3 aromatic heterocycles. The van der Waals surface area contributed by atoms with Crippen molar-refractivity contribution in [3.63, 3.8) is 0 Å². The number of ketones is 1. The summed E-state index contributed by atoms with van der Waals surface area (Å²) in [7, 11) is 0. The highest BCUT2D eigenvalue weighted by molar-refractivity contribution is 7.21. The maximum Gasteiger partial charge on any atom is 0.205 e. The third-order valence-corrected chi connectivity index (χ3v) is 6.30. The third-order valence-electron chi connectivity index (χ3n) is 4.08. The van der Waals surface area contributed by atoms with Crippen LogP contribution in [0.5, 0.6) is 0 Å². The van der Waals surface area contributed by atoms with Crippen molar-refractivity contribution in [1.82, 2.24) is 4.98 Å². The first-order valence-corrected chi connectivity index (χ1v) is 9.84. The van der Waals surface area contributed by atoms with Gasteiger partial charge in [0.2, 0.25) is 5.78 Å². The second kappa shape index (κ2) is 6.67. The van der Waals surface area contributed by atoms with Crippen LogP contribution in [0.3, 0.4) is 0 Å². The number of nitriles is 1. The number of benzene rings is 1. The Morgan fingerprint density at radius 2 is 2.04 bits per heavy atom. The molecule has 0 unspecified atom stereocenters. The van der Waals surface area contributed by atoms with E-state index >= 15 is 0 Å². The molecule has 0 amide bonds. The topological polar surface area (TPSA) is 106 Å². The van der Waals surface area contributed by atoms with E-state index in [-0.39, 0.29) is 17.2 Å². The summed E-state index contributed by atoms with van der Waals surface area (Å²) < 4.78 is 0. The maximum atomic E-state index is 13.0. The second-order valence-electron chi connectivity index (χ2n) is 5.70. The molecule has 4 aromatic rings. The molecule has 132 valence electrons. The highest BCUT2D eigenvalue weighted by atomic mass is 35.5. The van der Waals surface area contributed by atoms with Gasteiger partial charge in [-0.25, -0.2) is 4.98 Å². The molecule has 4 rings (SSSR count). The fraction of sp³-hybridized carbons (Fsp3) is 0. The lowest BCUT2D eigenvalue weighted by atomic mass is 10.0. The lowest BCUT2D eigenvalue weighted by Crippen LogP contribution is -2.02. The summed E-state index contributed by atoms with van der Waals surface area (Å²) >= 11 is 8.63. The van der Waals surface area contributed by atoms with Gasteiger partial charge in [0, 0.05) is 26.4 Å². The molecule has 0 fully saturated rings. The molecule has 0 radical (unpaired) electrons. The second-order valence-corrected chi connectivity index (χ2v) is 8.08. The third kappa shape index (κ3) is 2.84. The van der Waals surface area contributed by atoms with Crippen LogP contribution in [0.1, 0.15) is 20.8 Å². The van der Waals surface area contributed by atoms with Crippen molar-refractivity contribution < 1.29 is 4.79 Å². The number of anilines is 2. The van der Waals surface area contributed by atoms with E-state index in [1.807, 2.05) is 17.5 Å². The van der Waals surface area contributed by atoms with E-state index in [0.29, 0.717) is 36.9 Å². The number of carbonyl (C=O) groups is 1. The van der Waals surface area contributed by atoms with Crippen molar-refractivity contribution in [2.24, 2.45) is 0 Å². The highest BCUT2D eigenvalue weighted by Gasteiger charge is 2.25. The standard InChI is InChI=1S/C19H11ClN4OS2/c20-10-4-1-3-9(7-10)16(25)17-15(22)14-13(12-5-2-6-26-12)11(8-21)18(23)24-19(14)27-17/h1-7H,22H2,(H2,23,24). The Kier molecular flexibility index (Phi) is 4.32. The molecule has 27 heavy (non-hydrogen) atoms. The van der Waals surface area contributed by atoms with Gasteiger partial charge in [-0.15, -0.1) is 22.7 Å². The van der Waals surface area contributed by atoms with Crippen LogP contribution in [0.4, 0.5) is 11.5 Å². The molecule has 0 spiro atoms. The molecule has 5 nitrogen and oxygen atoms in total. The SMILES string of the molecule is N#Cc1c(N)nc2sc(C(=O)c3cccc(Cl)c3)c(N)c2c1-c1cccs1. The zero-order chi connectivity index (χ0) is 19.1. The largest absolute Gasteiger partial charge is 0.397 e. The maximum absolute atomic E-state index is 13.0. The van der Waals surface area contributed by atoms with E-state index in [0.717, 1.165) is 16.2 Å². The van der Waals surface area contributed by atoms with Crippen molar-refractivity contribution >= 4 is 61.8 Å². The minimum Gasteiger partial charge on any atom is -0.397 e. The Balaban J connectivity index is 2.02. The number of halogens is 1. The van der Waals surface area contributed by atoms with Gasteiger partial charge in [-0.1, -0.05) is 29.8 Å². The number of pyridine rings is 1. The van der Waals surface area contributed by atoms with Crippen molar-refractivity contribution in [3.05, 3.63) is 62.8 Å². The molecule has 0 atom stereocenters. The Bertz CT molecular complexity index is 1240. The highest BCUT2D eigenvalue weighted by Crippen LogP contribution is 2.44. The summed E-state index contributed by atoms with van der Waals surface area (Å²) in [6.45, 7) is 0. The fourth-order valence-electron chi connectivity index (χ4n) is 2.88. The van der Waals surface area contributed by atoms with E-state index in [1.165, 1.54) is 11.3 Å². The number of hydrogen-bond acceptors (Lipinski definition) is 7. The van der Waals surface area contributed by atoms with Gasteiger partial charge in [-0.3, -0.25) is 4.79 Å². The van der Waals surface area contributed by atoms with Crippen LogP contribution in [0, 0.1) is 11.3 Å². The molecule has 8 heteroatoms. The van der Waals surface area contributed by atoms with E-state index in [1.54, 1.807) is 24.3 Å². The molecule has 0 saturated heterocycles. The van der Waals surface area contributed by atoms with Crippen LogP contribution in [-0.2, 0) is 0 Å². The molecule has 4 N–H and O–H groups in total. The minimum atomic E-state index is -0.243. The zero-order valence-corrected chi connectivity index (χ0v) is 16.1. The number of aromatic nitrogens is 1. The van der Waals surface area contributed by atoms with Gasteiger partial charge in [0.15, 0.2) is 0 Å². The molecule has 1 aromatic carbocycles. The van der Waals surface area contributed by atoms with Gasteiger partial charge in [-0.05, 0) is 23.6 Å². The molecule has 0 saturated carbocycles. The van der Waals surface area contributed by atoms with E-state index in [2.05, 4.69) is 11.1 Å². The number of fused-ring (bicyclic) bond motifs is 1. The molecule has 0 aliphatic heterocycles. The summed E-state index contributed by atoms with van der Waals surface area (Å²) in [6.07, 6.45) is 0. The average molecular weight is 411 g/mol. The summed E-state index contributed by atoms with van der Waals surface area (Å²) in [5, 5.41) is 12.5. The number of nitrogen functional groups attached to an aromatic ring is 2. The van der Waals surface area contributed by atoms with Gasteiger partial charge in [0.1, 0.15) is 27.2 Å². The first kappa shape index (κ1) is 17.5. The van der Waals surface area contributed by atoms with Gasteiger partial charge >= 0.3 is 0 Å². The lowest BCUT2D eigenvalue weighted by Gasteiger charge is -2.07. The van der Waals surface area contributed by atoms with Gasteiger partial charge in [0.25, 0.3) is 0 Å². The van der Waals surface area contributed by atoms with Gasteiger partial charge in [0.05, 0.1) is 5.69 Å². The molecular formula is C19H11ClN4OS2. The smallest absolute Gasteiger partial charge is 0.205 e. The zero-order valence-electron chi connectivity index (χ0n) is 13.7. The average Bonchev–Trinajstić information content (AvgIpc) is 3.28. The normalized spacial score (nSPS) is 10.8. The van der Waals surface area contributed by atoms with Gasteiger partial charge < -0.3 is 11.5 Å². The Morgan fingerprint density at radius 3 is 2.70 bits per heavy atom. The molecule has 3 heterocycles. The molecular weight excluding hydrogens is 400 g/mol. The monoisotopic (exact) mass is 410 g/mol. The molecule has 0 aliphatic rings. The number of rotatable bonds is 3. The number of nitrogens with zero attached hydrogens (tertiary/aromatic N) is 2. The number of thiophene rings is 2. The van der Waals surface area contributed by atoms with Gasteiger partial charge in [-0.2, -0.15) is 5.26 Å². The quantitative estimate of drug-likeness (QED) is 0.465. The van der Waals surface area contributed by atoms with Crippen molar-refractivity contribution in [2.45, 2.75) is 0 Å². The molecule has 0 aliphatic carbocycles. The van der Waals surface area contributed by atoms with Crippen molar-refractivity contribution in [1.29, 1.82) is 5.26 Å². The number of hydrogen-bond donors (Lipinski definition) is 2. The predicted octanol–water partition coefficient (Wildman–Crippen LogP) is 4.95. The van der Waals surface area contributed by atoms with Crippen LogP contribution in [0.25, 0.3) is 20.7 Å². The Morgan fingerprint density at radius 1 is 1.22 bits per heavy atom. The Hall–Kier alpha value is -2.92. The predicted molar refractivity (Wildman–Crippen MR) is 111 cm³/mol. The van der Waals surface area contributed by atoms with Crippen LogP contribution in [0.15, 0.2) is 41.8 Å². The molecule has 0 bridgehead atoms. The van der Waals surface area contributed by atoms with Crippen LogP contribution in [0.2, 0.25) is 5.02 Å². The first-order chi connectivity index (χ1) is 13.0. The lowest BCUT2D eigenvalue weighted by molar-refractivity contribution is 0.104. The summed E-state index contributed by atoms with van der Waals surface area (Å²) in [5.41, 5.74) is 14.0. The minimum absolute atomic E-state index is 0.122. The summed E-state index contributed by atoms with van der Waals surface area (Å²) in [4.78, 5) is 19.0. The number of carbonyl (C=O) groups excluding carboxylic acids is 1. The van der Waals surface area contributed by atoms with Crippen molar-refractivity contribution in [2.75, 3.05) is 11.5 Å². The summed E-state index contributed by atoms with van der Waals surface area (Å²) in [6, 6.07) is 12.6. The summed E-state index contributed by atoms with van der Waals surface area (Å²) in [5.74, 6) is -0.122.